The van der Waals surface area contributed by atoms with Crippen LogP contribution in [-0.2, 0) is 0 Å². The molecule has 0 spiro atoms. The number of carbonyl (C=O) groups excluding carboxylic acids is 1. The largest absolute Gasteiger partial charge is 1.00 e. The quantitative estimate of drug-likeness (QED) is 0.418. The van der Waals surface area contributed by atoms with Gasteiger partial charge < -0.3 is 9.90 Å². The van der Waals surface area contributed by atoms with Crippen LogP contribution in [0.2, 0.25) is 5.02 Å². The van der Waals surface area contributed by atoms with Crippen molar-refractivity contribution in [1.29, 1.82) is 0 Å². The third-order valence-corrected chi connectivity index (χ3v) is 1.26. The molecule has 0 fully saturated rings. The molecular weight excluding hydrogens is 160 g/mol. The van der Waals surface area contributed by atoms with Crippen LogP contribution in [0.3, 0.4) is 0 Å². The van der Waals surface area contributed by atoms with Gasteiger partial charge in [-0.05, 0) is 12.1 Å². The number of pyridine rings is 1. The third-order valence-electron chi connectivity index (χ3n) is 0.952. The summed E-state index contributed by atoms with van der Waals surface area (Å²) in [4.78, 5) is 13.6. The summed E-state index contributed by atoms with van der Waals surface area (Å²) in [6.45, 7) is 0. The van der Waals surface area contributed by atoms with Crippen molar-refractivity contribution in [3.8, 4) is 0 Å². The summed E-state index contributed by atoms with van der Waals surface area (Å²) in [5.41, 5.74) is -0.218. The average Bonchev–Trinajstić information content (AvgIpc) is 1.88. The van der Waals surface area contributed by atoms with E-state index in [1.807, 2.05) is 0 Å². The van der Waals surface area contributed by atoms with E-state index >= 15 is 0 Å². The van der Waals surface area contributed by atoms with Crippen LogP contribution in [-0.4, -0.2) is 11.0 Å². The molecule has 1 heterocycles. The van der Waals surface area contributed by atoms with Crippen LogP contribution >= 0.6 is 11.6 Å². The zero-order valence-corrected chi connectivity index (χ0v) is 6.63. The number of aromatic nitrogens is 1. The molecule has 1 aromatic rings. The first-order valence-electron chi connectivity index (χ1n) is 2.53. The van der Waals surface area contributed by atoms with E-state index in [4.69, 9.17) is 11.6 Å². The van der Waals surface area contributed by atoms with Crippen molar-refractivity contribution in [3.63, 3.8) is 0 Å². The number of nitrogens with zero attached hydrogens (tertiary/aromatic N) is 1. The first kappa shape index (κ1) is 10.5. The van der Waals surface area contributed by atoms with E-state index in [9.17, 15) is 9.90 Å². The summed E-state index contributed by atoms with van der Waals surface area (Å²) in [5.74, 6) is -1.36. The van der Waals surface area contributed by atoms with Gasteiger partial charge in [0.25, 0.3) is 0 Å². The molecule has 0 radical (unpaired) electrons. The van der Waals surface area contributed by atoms with Crippen molar-refractivity contribution in [3.05, 3.63) is 29.0 Å². The summed E-state index contributed by atoms with van der Waals surface area (Å²) >= 11 is 5.44. The van der Waals surface area contributed by atoms with Crippen molar-refractivity contribution in [2.75, 3.05) is 0 Å². The minimum atomic E-state index is -1.36. The SMILES string of the molecule is O=C([O-])c1ncccc1Cl.[Li+]. The fraction of sp³-hybridized carbons (Fsp3) is 0. The molecule has 0 unspecified atom stereocenters. The zero-order valence-electron chi connectivity index (χ0n) is 5.87. The monoisotopic (exact) mass is 163 g/mol. The second kappa shape index (κ2) is 4.40. The Morgan fingerprint density at radius 2 is 2.27 bits per heavy atom. The second-order valence-electron chi connectivity index (χ2n) is 1.62. The number of halogens is 1. The van der Waals surface area contributed by atoms with Gasteiger partial charge in [0.2, 0.25) is 0 Å². The Kier molecular flexibility index (Phi) is 4.20. The van der Waals surface area contributed by atoms with E-state index in [0.29, 0.717) is 0 Å². The minimum Gasteiger partial charge on any atom is -0.543 e. The van der Waals surface area contributed by atoms with E-state index in [1.54, 1.807) is 6.07 Å². The topological polar surface area (TPSA) is 53.0 Å². The van der Waals surface area contributed by atoms with E-state index in [-0.39, 0.29) is 29.6 Å². The number of carbonyl (C=O) groups is 1. The Labute approximate surface area is 80.6 Å². The summed E-state index contributed by atoms with van der Waals surface area (Å²) in [6.07, 6.45) is 1.34. The Morgan fingerprint density at radius 3 is 2.64 bits per heavy atom. The molecule has 0 N–H and O–H groups in total. The van der Waals surface area contributed by atoms with Gasteiger partial charge in [0.05, 0.1) is 11.0 Å². The number of hydrogen-bond donors (Lipinski definition) is 0. The maximum Gasteiger partial charge on any atom is 1.00 e. The van der Waals surface area contributed by atoms with Gasteiger partial charge in [-0.2, -0.15) is 0 Å². The minimum absolute atomic E-state index is 0. The molecule has 0 aliphatic rings. The number of hydrogen-bond acceptors (Lipinski definition) is 3. The van der Waals surface area contributed by atoms with Crippen molar-refractivity contribution in [2.45, 2.75) is 0 Å². The first-order valence-corrected chi connectivity index (χ1v) is 2.91. The molecule has 5 heteroatoms. The van der Waals surface area contributed by atoms with Gasteiger partial charge in [0.15, 0.2) is 0 Å². The van der Waals surface area contributed by atoms with Gasteiger partial charge in [-0.3, -0.25) is 4.98 Å². The van der Waals surface area contributed by atoms with Gasteiger partial charge in [-0.1, -0.05) is 11.6 Å². The molecular formula is C6H3ClLiNO2. The fourth-order valence-corrected chi connectivity index (χ4v) is 0.735. The van der Waals surface area contributed by atoms with Crippen molar-refractivity contribution in [2.24, 2.45) is 0 Å². The van der Waals surface area contributed by atoms with Gasteiger partial charge in [0.1, 0.15) is 5.69 Å². The molecule has 1 aromatic heterocycles. The molecule has 1 rings (SSSR count). The van der Waals surface area contributed by atoms with Crippen molar-refractivity contribution in [1.82, 2.24) is 4.98 Å². The van der Waals surface area contributed by atoms with Gasteiger partial charge in [-0.25, -0.2) is 0 Å². The summed E-state index contributed by atoms with van der Waals surface area (Å²) < 4.78 is 0. The maximum absolute atomic E-state index is 10.2. The average molecular weight is 163 g/mol. The Hall–Kier alpha value is -0.493. The second-order valence-corrected chi connectivity index (χ2v) is 2.03. The molecule has 0 atom stereocenters. The van der Waals surface area contributed by atoms with Crippen LogP contribution in [0.4, 0.5) is 0 Å². The summed E-state index contributed by atoms with van der Waals surface area (Å²) in [6, 6.07) is 2.99. The maximum atomic E-state index is 10.2. The van der Waals surface area contributed by atoms with E-state index < -0.39 is 5.97 Å². The van der Waals surface area contributed by atoms with Gasteiger partial charge >= 0.3 is 18.9 Å². The van der Waals surface area contributed by atoms with Crippen LogP contribution in [0.5, 0.6) is 0 Å². The van der Waals surface area contributed by atoms with Crippen LogP contribution < -0.4 is 24.0 Å². The number of aromatic carboxylic acids is 1. The molecule has 11 heavy (non-hydrogen) atoms. The van der Waals surface area contributed by atoms with Crippen LogP contribution in [0, 0.1) is 0 Å². The normalized spacial score (nSPS) is 8.45. The summed E-state index contributed by atoms with van der Waals surface area (Å²) in [7, 11) is 0. The van der Waals surface area contributed by atoms with E-state index in [2.05, 4.69) is 4.98 Å². The van der Waals surface area contributed by atoms with Crippen LogP contribution in [0.15, 0.2) is 18.3 Å². The Balaban J connectivity index is 0.000001000. The Bertz CT molecular complexity index is 267. The summed E-state index contributed by atoms with van der Waals surface area (Å²) in [5, 5.41) is 10.3. The van der Waals surface area contributed by atoms with E-state index in [0.717, 1.165) is 0 Å². The molecule has 0 bridgehead atoms. The predicted molar refractivity (Wildman–Crippen MR) is 33.6 cm³/mol. The third kappa shape index (κ3) is 2.55. The number of rotatable bonds is 1. The van der Waals surface area contributed by atoms with E-state index in [1.165, 1.54) is 12.3 Å². The Morgan fingerprint density at radius 1 is 1.64 bits per heavy atom. The number of carboxylic acid groups (broad SMARTS) is 1. The number of carboxylic acids is 1. The molecule has 0 saturated carbocycles. The smallest absolute Gasteiger partial charge is 0.543 e. The van der Waals surface area contributed by atoms with Crippen molar-refractivity contribution >= 4 is 17.6 Å². The molecule has 0 aliphatic carbocycles. The molecule has 52 valence electrons. The zero-order chi connectivity index (χ0) is 7.56. The predicted octanol–water partition coefficient (Wildman–Crippen LogP) is -2.90. The molecule has 0 aliphatic heterocycles. The molecule has 0 amide bonds. The standard InChI is InChI=1S/C6H4ClNO2.Li/c7-4-2-1-3-8-5(4)6(9)10;/h1-3H,(H,9,10);/q;+1/p-1. The van der Waals surface area contributed by atoms with Gasteiger partial charge in [0, 0.05) is 6.20 Å². The first-order chi connectivity index (χ1) is 4.72. The van der Waals surface area contributed by atoms with Gasteiger partial charge in [-0.15, -0.1) is 0 Å². The molecule has 3 nitrogen and oxygen atoms in total. The van der Waals surface area contributed by atoms with Crippen molar-refractivity contribution < 1.29 is 28.8 Å². The molecule has 0 saturated heterocycles. The fourth-order valence-electron chi connectivity index (χ4n) is 0.536. The van der Waals surface area contributed by atoms with Crippen LogP contribution in [0.25, 0.3) is 0 Å². The molecule has 0 aromatic carbocycles. The van der Waals surface area contributed by atoms with Crippen LogP contribution in [0.1, 0.15) is 10.5 Å².